The van der Waals surface area contributed by atoms with E-state index in [-0.39, 0.29) is 5.75 Å². The molecule has 1 saturated carbocycles. The first-order valence-corrected chi connectivity index (χ1v) is 7.54. The van der Waals surface area contributed by atoms with E-state index in [1.54, 1.807) is 19.1 Å². The van der Waals surface area contributed by atoms with Gasteiger partial charge in [0.15, 0.2) is 0 Å². The minimum absolute atomic E-state index is 0.225. The molecule has 1 aliphatic carbocycles. The first kappa shape index (κ1) is 11.9. The van der Waals surface area contributed by atoms with E-state index in [4.69, 9.17) is 0 Å². The summed E-state index contributed by atoms with van der Waals surface area (Å²) in [5.74, 6) is 0.573. The lowest BCUT2D eigenvalue weighted by atomic mass is 10.3. The van der Waals surface area contributed by atoms with Crippen molar-refractivity contribution in [1.82, 2.24) is 4.98 Å². The second kappa shape index (κ2) is 4.33. The minimum Gasteiger partial charge on any atom is -0.282 e. The van der Waals surface area contributed by atoms with Crippen LogP contribution in [0.3, 0.4) is 0 Å². The lowest BCUT2D eigenvalue weighted by Gasteiger charge is -2.09. The molecule has 0 radical (unpaired) electrons. The topological polar surface area (TPSA) is 59.1 Å². The van der Waals surface area contributed by atoms with Crippen molar-refractivity contribution in [2.45, 2.75) is 19.8 Å². The van der Waals surface area contributed by atoms with E-state index in [1.165, 1.54) is 0 Å². The zero-order valence-electron chi connectivity index (χ0n) is 8.90. The van der Waals surface area contributed by atoms with Gasteiger partial charge in [-0.1, -0.05) is 0 Å². The van der Waals surface area contributed by atoms with Gasteiger partial charge in [0.1, 0.15) is 4.60 Å². The molecule has 0 saturated heterocycles. The number of hydrogen-bond donors (Lipinski definition) is 1. The molecule has 1 aromatic heterocycles. The van der Waals surface area contributed by atoms with Crippen LogP contribution in [0.15, 0.2) is 16.7 Å². The Bertz CT molecular complexity index is 498. The molecule has 1 aromatic rings. The van der Waals surface area contributed by atoms with Crippen molar-refractivity contribution in [2.24, 2.45) is 5.92 Å². The second-order valence-electron chi connectivity index (χ2n) is 4.09. The normalized spacial score (nSPS) is 16.1. The van der Waals surface area contributed by atoms with Gasteiger partial charge in [-0.05, 0) is 53.7 Å². The molecule has 4 nitrogen and oxygen atoms in total. The summed E-state index contributed by atoms with van der Waals surface area (Å²) in [5.41, 5.74) is 1.23. The van der Waals surface area contributed by atoms with E-state index >= 15 is 0 Å². The number of aryl methyl sites for hydroxylation is 1. The molecule has 1 aliphatic rings. The Kier molecular flexibility index (Phi) is 3.21. The van der Waals surface area contributed by atoms with Crippen LogP contribution in [0.25, 0.3) is 0 Å². The van der Waals surface area contributed by atoms with Crippen molar-refractivity contribution >= 4 is 31.6 Å². The molecule has 1 fully saturated rings. The molecular weight excluding hydrogens is 292 g/mol. The fraction of sp³-hybridized carbons (Fsp3) is 0.500. The number of sulfonamides is 1. The summed E-state index contributed by atoms with van der Waals surface area (Å²) in [6, 6.07) is 3.44. The maximum absolute atomic E-state index is 11.7. The van der Waals surface area contributed by atoms with Crippen LogP contribution < -0.4 is 4.72 Å². The highest BCUT2D eigenvalue weighted by atomic mass is 79.9. The first-order chi connectivity index (χ1) is 7.46. The number of pyridine rings is 1. The number of rotatable bonds is 4. The largest absolute Gasteiger partial charge is 0.282 e. The Balaban J connectivity index is 2.13. The molecule has 1 N–H and O–H groups in total. The van der Waals surface area contributed by atoms with Crippen LogP contribution in [0.2, 0.25) is 0 Å². The van der Waals surface area contributed by atoms with Crippen molar-refractivity contribution in [2.75, 3.05) is 10.5 Å². The van der Waals surface area contributed by atoms with Crippen molar-refractivity contribution in [3.8, 4) is 0 Å². The maximum Gasteiger partial charge on any atom is 0.233 e. The highest BCUT2D eigenvalue weighted by Crippen LogP contribution is 2.31. The number of hydrogen-bond acceptors (Lipinski definition) is 3. The van der Waals surface area contributed by atoms with Crippen LogP contribution in [0.5, 0.6) is 0 Å². The summed E-state index contributed by atoms with van der Waals surface area (Å²) in [7, 11) is -3.21. The van der Waals surface area contributed by atoms with Gasteiger partial charge in [-0.2, -0.15) is 0 Å². The third-order valence-electron chi connectivity index (χ3n) is 2.47. The van der Waals surface area contributed by atoms with E-state index in [0.29, 0.717) is 21.9 Å². The summed E-state index contributed by atoms with van der Waals surface area (Å²) in [6.45, 7) is 1.78. The van der Waals surface area contributed by atoms with Crippen LogP contribution in [0, 0.1) is 12.8 Å². The van der Waals surface area contributed by atoms with Crippen molar-refractivity contribution in [3.05, 3.63) is 22.4 Å². The fourth-order valence-electron chi connectivity index (χ4n) is 1.44. The predicted octanol–water partition coefficient (Wildman–Crippen LogP) is 2.30. The predicted molar refractivity (Wildman–Crippen MR) is 66.8 cm³/mol. The van der Waals surface area contributed by atoms with Gasteiger partial charge in [0.25, 0.3) is 0 Å². The molecule has 0 aromatic carbocycles. The monoisotopic (exact) mass is 304 g/mol. The van der Waals surface area contributed by atoms with Crippen LogP contribution in [0.1, 0.15) is 18.5 Å². The first-order valence-electron chi connectivity index (χ1n) is 5.10. The van der Waals surface area contributed by atoms with E-state index in [0.717, 1.165) is 12.8 Å². The quantitative estimate of drug-likeness (QED) is 0.868. The van der Waals surface area contributed by atoms with E-state index in [2.05, 4.69) is 25.6 Å². The second-order valence-corrected chi connectivity index (χ2v) is 6.67. The molecule has 1 heterocycles. The fourth-order valence-corrected chi connectivity index (χ4v) is 3.43. The summed E-state index contributed by atoms with van der Waals surface area (Å²) in [6.07, 6.45) is 2.05. The molecule has 0 aliphatic heterocycles. The Morgan fingerprint density at radius 3 is 2.75 bits per heavy atom. The number of nitrogens with one attached hydrogen (secondary N) is 1. The smallest absolute Gasteiger partial charge is 0.233 e. The van der Waals surface area contributed by atoms with Crippen molar-refractivity contribution in [3.63, 3.8) is 0 Å². The van der Waals surface area contributed by atoms with Gasteiger partial charge >= 0.3 is 0 Å². The van der Waals surface area contributed by atoms with Gasteiger partial charge in [0, 0.05) is 0 Å². The molecule has 0 bridgehead atoms. The number of aromatic nitrogens is 1. The number of nitrogens with zero attached hydrogens (tertiary/aromatic N) is 1. The average Bonchev–Trinajstić information content (AvgIpc) is 2.93. The Labute approximate surface area is 104 Å². The summed E-state index contributed by atoms with van der Waals surface area (Å²) < 4.78 is 26.8. The van der Waals surface area contributed by atoms with Crippen LogP contribution in [-0.2, 0) is 10.0 Å². The molecular formula is C10H13BrN2O2S. The summed E-state index contributed by atoms with van der Waals surface area (Å²) in [4.78, 5) is 4.14. The van der Waals surface area contributed by atoms with Gasteiger partial charge in [-0.25, -0.2) is 13.4 Å². The van der Waals surface area contributed by atoms with E-state index < -0.39 is 10.0 Å². The Morgan fingerprint density at radius 1 is 1.50 bits per heavy atom. The minimum atomic E-state index is -3.21. The lowest BCUT2D eigenvalue weighted by molar-refractivity contribution is 0.597. The van der Waals surface area contributed by atoms with Gasteiger partial charge in [0.05, 0.1) is 17.1 Å². The van der Waals surface area contributed by atoms with Crippen LogP contribution in [-0.4, -0.2) is 19.2 Å². The molecule has 0 spiro atoms. The van der Waals surface area contributed by atoms with Crippen LogP contribution in [0.4, 0.5) is 5.69 Å². The van der Waals surface area contributed by atoms with E-state index in [1.807, 2.05) is 0 Å². The third kappa shape index (κ3) is 3.18. The summed E-state index contributed by atoms with van der Waals surface area (Å²) >= 11 is 3.24. The SMILES string of the molecule is Cc1nc(Br)ccc1NS(=O)(=O)CC1CC1. The molecule has 16 heavy (non-hydrogen) atoms. The number of halogens is 1. The molecule has 0 atom stereocenters. The Morgan fingerprint density at radius 2 is 2.19 bits per heavy atom. The zero-order valence-corrected chi connectivity index (χ0v) is 11.3. The van der Waals surface area contributed by atoms with Gasteiger partial charge in [-0.3, -0.25) is 4.72 Å². The highest BCUT2D eigenvalue weighted by molar-refractivity contribution is 9.10. The third-order valence-corrected chi connectivity index (χ3v) is 4.35. The lowest BCUT2D eigenvalue weighted by Crippen LogP contribution is -2.18. The molecule has 2 rings (SSSR count). The van der Waals surface area contributed by atoms with Gasteiger partial charge in [-0.15, -0.1) is 0 Å². The Hall–Kier alpha value is -0.620. The molecule has 0 unspecified atom stereocenters. The molecule has 88 valence electrons. The molecule has 6 heteroatoms. The standard InChI is InChI=1S/C10H13BrN2O2S/c1-7-9(4-5-10(11)12-7)13-16(14,15)6-8-2-3-8/h4-5,8,13H,2-3,6H2,1H3. The van der Waals surface area contributed by atoms with Gasteiger partial charge in [0.2, 0.25) is 10.0 Å². The number of anilines is 1. The molecule has 0 amide bonds. The van der Waals surface area contributed by atoms with Crippen LogP contribution >= 0.6 is 15.9 Å². The summed E-state index contributed by atoms with van der Waals surface area (Å²) in [5, 5.41) is 0. The zero-order chi connectivity index (χ0) is 11.8. The van der Waals surface area contributed by atoms with Gasteiger partial charge < -0.3 is 0 Å². The maximum atomic E-state index is 11.7. The van der Waals surface area contributed by atoms with Crippen molar-refractivity contribution < 1.29 is 8.42 Å². The van der Waals surface area contributed by atoms with E-state index in [9.17, 15) is 8.42 Å². The van der Waals surface area contributed by atoms with Crippen molar-refractivity contribution in [1.29, 1.82) is 0 Å². The highest BCUT2D eigenvalue weighted by Gasteiger charge is 2.28. The average molecular weight is 305 g/mol.